The van der Waals surface area contributed by atoms with Crippen molar-refractivity contribution in [3.63, 3.8) is 0 Å². The first kappa shape index (κ1) is 16.3. The van der Waals surface area contributed by atoms with Crippen molar-refractivity contribution in [2.24, 2.45) is 11.8 Å². The highest BCUT2D eigenvalue weighted by atomic mass is 32.2. The van der Waals surface area contributed by atoms with Crippen LogP contribution in [0.4, 0.5) is 0 Å². The molecule has 0 aliphatic carbocycles. The van der Waals surface area contributed by atoms with Crippen molar-refractivity contribution in [2.45, 2.75) is 23.1 Å². The zero-order chi connectivity index (χ0) is 15.6. The topological polar surface area (TPSA) is 74.7 Å². The third kappa shape index (κ3) is 3.41. The van der Waals surface area contributed by atoms with Gasteiger partial charge in [-0.3, -0.25) is 4.79 Å². The molecule has 0 radical (unpaired) electrons. The number of carbonyl (C=O) groups is 1. The summed E-state index contributed by atoms with van der Waals surface area (Å²) in [6.45, 7) is 2.30. The molecule has 1 aromatic carbocycles. The van der Waals surface area contributed by atoms with Crippen molar-refractivity contribution in [3.8, 4) is 0 Å². The summed E-state index contributed by atoms with van der Waals surface area (Å²) in [4.78, 5) is 12.1. The Morgan fingerprint density at radius 3 is 2.62 bits per heavy atom. The molecule has 1 N–H and O–H groups in total. The Kier molecular flexibility index (Phi) is 4.95. The summed E-state index contributed by atoms with van der Waals surface area (Å²) in [5.74, 6) is -1.53. The molecule has 5 nitrogen and oxygen atoms in total. The Morgan fingerprint density at radius 2 is 2.00 bits per heavy atom. The minimum Gasteiger partial charge on any atom is -0.481 e. The van der Waals surface area contributed by atoms with E-state index in [-0.39, 0.29) is 17.4 Å². The Bertz CT molecular complexity index is 630. The van der Waals surface area contributed by atoms with Crippen LogP contribution in [0.2, 0.25) is 0 Å². The molecule has 0 saturated carbocycles. The molecule has 2 unspecified atom stereocenters. The maximum absolute atomic E-state index is 12.8. The molecule has 0 bridgehead atoms. The third-order valence-electron chi connectivity index (χ3n) is 3.66. The Balaban J connectivity index is 2.36. The van der Waals surface area contributed by atoms with Crippen LogP contribution >= 0.6 is 11.8 Å². The fourth-order valence-corrected chi connectivity index (χ4v) is 5.38. The number of hydrogen-bond donors (Lipinski definition) is 1. The van der Waals surface area contributed by atoms with Gasteiger partial charge in [-0.25, -0.2) is 8.42 Å². The first-order valence-corrected chi connectivity index (χ1v) is 9.38. The van der Waals surface area contributed by atoms with E-state index in [9.17, 15) is 18.3 Å². The fraction of sp³-hybridized carbons (Fsp3) is 0.500. The van der Waals surface area contributed by atoms with Crippen LogP contribution in [0.1, 0.15) is 13.3 Å². The van der Waals surface area contributed by atoms with Gasteiger partial charge in [-0.05, 0) is 30.7 Å². The maximum atomic E-state index is 12.8. The van der Waals surface area contributed by atoms with Gasteiger partial charge in [-0.1, -0.05) is 19.1 Å². The summed E-state index contributed by atoms with van der Waals surface area (Å²) in [5, 5.41) is 9.19. The van der Waals surface area contributed by atoms with E-state index in [0.29, 0.717) is 17.9 Å². The Hall–Kier alpha value is -1.05. The van der Waals surface area contributed by atoms with Gasteiger partial charge in [0, 0.05) is 18.0 Å². The van der Waals surface area contributed by atoms with Crippen LogP contribution in [0.5, 0.6) is 0 Å². The van der Waals surface area contributed by atoms with Crippen LogP contribution in [-0.2, 0) is 14.8 Å². The SMILES string of the molecule is CSc1ccccc1S(=O)(=O)N1CC(C)CC(C(=O)O)C1. The van der Waals surface area contributed by atoms with E-state index in [1.54, 1.807) is 24.3 Å². The minimum absolute atomic E-state index is 0.0380. The van der Waals surface area contributed by atoms with Crippen LogP contribution in [-0.4, -0.2) is 43.1 Å². The summed E-state index contributed by atoms with van der Waals surface area (Å²) in [6, 6.07) is 6.83. The lowest BCUT2D eigenvalue weighted by Crippen LogP contribution is -2.45. The average Bonchev–Trinajstić information content (AvgIpc) is 2.46. The highest BCUT2D eigenvalue weighted by molar-refractivity contribution is 7.99. The predicted molar refractivity (Wildman–Crippen MR) is 81.9 cm³/mol. The van der Waals surface area contributed by atoms with Gasteiger partial charge in [-0.15, -0.1) is 11.8 Å². The summed E-state index contributed by atoms with van der Waals surface area (Å²) in [6.07, 6.45) is 2.35. The second-order valence-electron chi connectivity index (χ2n) is 5.35. The van der Waals surface area contributed by atoms with E-state index in [1.165, 1.54) is 16.1 Å². The molecule has 1 aliphatic heterocycles. The van der Waals surface area contributed by atoms with Crippen molar-refractivity contribution in [3.05, 3.63) is 24.3 Å². The zero-order valence-corrected chi connectivity index (χ0v) is 13.7. The lowest BCUT2D eigenvalue weighted by Gasteiger charge is -2.34. The highest BCUT2D eigenvalue weighted by Gasteiger charge is 2.36. The number of rotatable bonds is 4. The van der Waals surface area contributed by atoms with Crippen LogP contribution in [0.3, 0.4) is 0 Å². The number of piperidine rings is 1. The summed E-state index contributed by atoms with van der Waals surface area (Å²) < 4.78 is 26.9. The molecule has 0 aromatic heterocycles. The van der Waals surface area contributed by atoms with Crippen LogP contribution in [0.15, 0.2) is 34.1 Å². The summed E-state index contributed by atoms with van der Waals surface area (Å²) in [5.41, 5.74) is 0. The summed E-state index contributed by atoms with van der Waals surface area (Å²) in [7, 11) is -3.65. The summed E-state index contributed by atoms with van der Waals surface area (Å²) >= 11 is 1.37. The van der Waals surface area contributed by atoms with E-state index in [1.807, 2.05) is 13.2 Å². The van der Waals surface area contributed by atoms with Gasteiger partial charge >= 0.3 is 5.97 Å². The molecule has 2 atom stereocenters. The van der Waals surface area contributed by atoms with E-state index in [4.69, 9.17) is 0 Å². The van der Waals surface area contributed by atoms with Gasteiger partial charge in [-0.2, -0.15) is 4.31 Å². The van der Waals surface area contributed by atoms with Crippen LogP contribution in [0, 0.1) is 11.8 Å². The third-order valence-corrected chi connectivity index (χ3v) is 6.48. The van der Waals surface area contributed by atoms with Gasteiger partial charge in [0.05, 0.1) is 10.8 Å². The smallest absolute Gasteiger partial charge is 0.307 e. The first-order valence-electron chi connectivity index (χ1n) is 6.72. The molecule has 116 valence electrons. The van der Waals surface area contributed by atoms with Gasteiger partial charge in [0.1, 0.15) is 0 Å². The van der Waals surface area contributed by atoms with Crippen molar-refractivity contribution < 1.29 is 18.3 Å². The number of aliphatic carboxylic acids is 1. The molecule has 21 heavy (non-hydrogen) atoms. The van der Waals surface area contributed by atoms with Crippen molar-refractivity contribution in [2.75, 3.05) is 19.3 Å². The van der Waals surface area contributed by atoms with Crippen molar-refractivity contribution in [1.82, 2.24) is 4.31 Å². The fourth-order valence-electron chi connectivity index (χ4n) is 2.65. The van der Waals surface area contributed by atoms with Crippen LogP contribution < -0.4 is 0 Å². The molecule has 0 amide bonds. The average molecular weight is 329 g/mol. The minimum atomic E-state index is -3.65. The first-order chi connectivity index (χ1) is 9.86. The van der Waals surface area contributed by atoms with E-state index >= 15 is 0 Å². The van der Waals surface area contributed by atoms with Gasteiger partial charge in [0.25, 0.3) is 0 Å². The normalized spacial score (nSPS) is 23.9. The zero-order valence-electron chi connectivity index (χ0n) is 12.0. The molecule has 0 spiro atoms. The molecule has 1 aromatic rings. The van der Waals surface area contributed by atoms with Crippen LogP contribution in [0.25, 0.3) is 0 Å². The molecular weight excluding hydrogens is 310 g/mol. The lowest BCUT2D eigenvalue weighted by molar-refractivity contribution is -0.143. The molecule has 1 heterocycles. The van der Waals surface area contributed by atoms with Gasteiger partial charge in [0.2, 0.25) is 10.0 Å². The molecule has 2 rings (SSSR count). The Morgan fingerprint density at radius 1 is 1.33 bits per heavy atom. The highest BCUT2D eigenvalue weighted by Crippen LogP contribution is 2.31. The number of thioether (sulfide) groups is 1. The lowest BCUT2D eigenvalue weighted by atomic mass is 9.92. The van der Waals surface area contributed by atoms with Crippen molar-refractivity contribution >= 4 is 27.8 Å². The number of carboxylic acids is 1. The van der Waals surface area contributed by atoms with E-state index in [0.717, 1.165) is 0 Å². The Labute approximate surface area is 129 Å². The molecular formula is C14H19NO4S2. The predicted octanol–water partition coefficient (Wildman–Crippen LogP) is 2.14. The molecule has 1 aliphatic rings. The number of hydrogen-bond acceptors (Lipinski definition) is 4. The monoisotopic (exact) mass is 329 g/mol. The second-order valence-corrected chi connectivity index (χ2v) is 8.10. The number of benzene rings is 1. The largest absolute Gasteiger partial charge is 0.481 e. The molecule has 1 fully saturated rings. The maximum Gasteiger partial charge on any atom is 0.307 e. The number of nitrogens with zero attached hydrogens (tertiary/aromatic N) is 1. The van der Waals surface area contributed by atoms with E-state index < -0.39 is 21.9 Å². The van der Waals surface area contributed by atoms with Gasteiger partial charge in [0.15, 0.2) is 0 Å². The van der Waals surface area contributed by atoms with Crippen molar-refractivity contribution in [1.29, 1.82) is 0 Å². The molecule has 1 saturated heterocycles. The number of carboxylic acid groups (broad SMARTS) is 1. The van der Waals surface area contributed by atoms with Gasteiger partial charge < -0.3 is 5.11 Å². The number of sulfonamides is 1. The quantitative estimate of drug-likeness (QED) is 0.857. The second kappa shape index (κ2) is 6.37. The van der Waals surface area contributed by atoms with E-state index in [2.05, 4.69) is 0 Å². The standard InChI is InChI=1S/C14H19NO4S2/c1-10-7-11(14(16)17)9-15(8-10)21(18,19)13-6-4-3-5-12(13)20-2/h3-6,10-11H,7-9H2,1-2H3,(H,16,17). The molecule has 7 heteroatoms.